The van der Waals surface area contributed by atoms with E-state index in [9.17, 15) is 13.2 Å². The Morgan fingerprint density at radius 3 is 2.45 bits per heavy atom. The van der Waals surface area contributed by atoms with E-state index in [1.54, 1.807) is 42.2 Å². The third-order valence-electron chi connectivity index (χ3n) is 6.18. The summed E-state index contributed by atoms with van der Waals surface area (Å²) in [6.07, 6.45) is -1.14. The van der Waals surface area contributed by atoms with Crippen LogP contribution in [0.15, 0.2) is 48.8 Å². The zero-order valence-electron chi connectivity index (χ0n) is 17.2. The summed E-state index contributed by atoms with van der Waals surface area (Å²) >= 11 is 0. The van der Waals surface area contributed by atoms with Gasteiger partial charge < -0.3 is 14.4 Å². The predicted molar refractivity (Wildman–Crippen MR) is 111 cm³/mol. The van der Waals surface area contributed by atoms with Crippen LogP contribution in [0, 0.1) is 0 Å². The van der Waals surface area contributed by atoms with Crippen LogP contribution in [0.1, 0.15) is 11.1 Å². The second-order valence-electron chi connectivity index (χ2n) is 7.85. The van der Waals surface area contributed by atoms with E-state index in [1.807, 2.05) is 12.3 Å². The van der Waals surface area contributed by atoms with Crippen LogP contribution in [0.25, 0.3) is 22.3 Å². The number of anilines is 1. The second kappa shape index (κ2) is 7.10. The van der Waals surface area contributed by atoms with Gasteiger partial charge in [-0.15, -0.1) is 0 Å². The number of alkyl halides is 3. The van der Waals surface area contributed by atoms with Crippen molar-refractivity contribution >= 4 is 5.69 Å². The fraction of sp³-hybridized carbons (Fsp3) is 0.348. The van der Waals surface area contributed by atoms with Gasteiger partial charge in [-0.1, -0.05) is 24.3 Å². The van der Waals surface area contributed by atoms with Crippen molar-refractivity contribution < 1.29 is 22.6 Å². The first-order valence-electron chi connectivity index (χ1n) is 10.1. The molecule has 0 saturated carbocycles. The Labute approximate surface area is 178 Å². The number of methoxy groups -OCH3 is 1. The second-order valence-corrected chi connectivity index (χ2v) is 7.85. The van der Waals surface area contributed by atoms with Gasteiger partial charge in [0.1, 0.15) is 0 Å². The van der Waals surface area contributed by atoms with E-state index in [0.717, 1.165) is 18.4 Å². The van der Waals surface area contributed by atoms with Crippen molar-refractivity contribution in [2.75, 3.05) is 38.3 Å². The van der Waals surface area contributed by atoms with Gasteiger partial charge in [0.15, 0.2) is 0 Å². The summed E-state index contributed by atoms with van der Waals surface area (Å²) in [4.78, 5) is 2.06. The van der Waals surface area contributed by atoms with E-state index in [2.05, 4.69) is 10.00 Å². The molecule has 5 rings (SSSR count). The number of hydrogen-bond donors (Lipinski definition) is 0. The number of aryl methyl sites for hydroxylation is 1. The van der Waals surface area contributed by atoms with E-state index >= 15 is 0 Å². The summed E-state index contributed by atoms with van der Waals surface area (Å²) < 4.78 is 56.6. The Hall–Kier alpha value is -2.84. The van der Waals surface area contributed by atoms with Crippen molar-refractivity contribution in [1.29, 1.82) is 0 Å². The Kier molecular flexibility index (Phi) is 4.60. The van der Waals surface area contributed by atoms with Crippen LogP contribution >= 0.6 is 0 Å². The maximum atomic E-state index is 14.7. The highest BCUT2D eigenvalue weighted by atomic mass is 19.4. The molecule has 1 saturated heterocycles. The van der Waals surface area contributed by atoms with Crippen LogP contribution in [0.3, 0.4) is 0 Å². The number of morpholine rings is 1. The van der Waals surface area contributed by atoms with Crippen LogP contribution in [0.4, 0.5) is 18.9 Å². The summed E-state index contributed by atoms with van der Waals surface area (Å²) in [6, 6.07) is 10.2. The van der Waals surface area contributed by atoms with Gasteiger partial charge in [-0.2, -0.15) is 18.3 Å². The van der Waals surface area contributed by atoms with Gasteiger partial charge in [-0.3, -0.25) is 4.68 Å². The van der Waals surface area contributed by atoms with Crippen LogP contribution < -0.4 is 4.90 Å². The minimum Gasteiger partial charge on any atom is -0.378 e. The highest BCUT2D eigenvalue weighted by molar-refractivity contribution is 5.94. The SMILES string of the molecule is COC1(C(F)(F)F)c2ccccc2-c2c(-c3cnn(C)c3)cc(N3CCOCC3)cc21. The number of fused-ring (bicyclic) bond motifs is 3. The highest BCUT2D eigenvalue weighted by Gasteiger charge is 2.63. The zero-order chi connectivity index (χ0) is 21.8. The lowest BCUT2D eigenvalue weighted by Gasteiger charge is -2.34. The first-order chi connectivity index (χ1) is 14.9. The van der Waals surface area contributed by atoms with Gasteiger partial charge in [-0.25, -0.2) is 0 Å². The van der Waals surface area contributed by atoms with Crippen molar-refractivity contribution in [2.24, 2.45) is 7.05 Å². The highest BCUT2D eigenvalue weighted by Crippen LogP contribution is 2.59. The molecule has 1 unspecified atom stereocenters. The first kappa shape index (κ1) is 20.1. The fourth-order valence-electron chi connectivity index (χ4n) is 4.78. The third kappa shape index (κ3) is 2.89. The number of halogens is 3. The molecule has 0 bridgehead atoms. The van der Waals surface area contributed by atoms with Gasteiger partial charge in [0.2, 0.25) is 5.60 Å². The van der Waals surface area contributed by atoms with Gasteiger partial charge >= 0.3 is 6.18 Å². The molecule has 1 fully saturated rings. The maximum Gasteiger partial charge on any atom is 0.426 e. The Morgan fingerprint density at radius 1 is 1.06 bits per heavy atom. The molecular formula is C23H22F3N3O2. The van der Waals surface area contributed by atoms with Crippen molar-refractivity contribution in [2.45, 2.75) is 11.8 Å². The zero-order valence-corrected chi connectivity index (χ0v) is 17.2. The lowest BCUT2D eigenvalue weighted by molar-refractivity contribution is -0.256. The van der Waals surface area contributed by atoms with E-state index in [-0.39, 0.29) is 11.1 Å². The first-order valence-corrected chi connectivity index (χ1v) is 10.1. The molecule has 0 radical (unpaired) electrons. The van der Waals surface area contributed by atoms with Gasteiger partial charge in [0, 0.05) is 55.8 Å². The van der Waals surface area contributed by atoms with Gasteiger partial charge in [-0.05, 0) is 28.8 Å². The third-order valence-corrected chi connectivity index (χ3v) is 6.18. The molecule has 1 aliphatic carbocycles. The van der Waals surface area contributed by atoms with Gasteiger partial charge in [0.25, 0.3) is 0 Å². The Morgan fingerprint density at radius 2 is 1.81 bits per heavy atom. The molecule has 8 heteroatoms. The van der Waals surface area contributed by atoms with Gasteiger partial charge in [0.05, 0.1) is 19.4 Å². The van der Waals surface area contributed by atoms with Crippen molar-refractivity contribution in [3.8, 4) is 22.3 Å². The molecule has 2 aromatic carbocycles. The molecule has 0 spiro atoms. The molecule has 2 aliphatic rings. The molecular weight excluding hydrogens is 407 g/mol. The summed E-state index contributed by atoms with van der Waals surface area (Å²) in [5.41, 5.74) is 0.970. The van der Waals surface area contributed by atoms with E-state index < -0.39 is 11.8 Å². The molecule has 5 nitrogen and oxygen atoms in total. The van der Waals surface area contributed by atoms with E-state index in [4.69, 9.17) is 9.47 Å². The van der Waals surface area contributed by atoms with E-state index in [1.165, 1.54) is 6.07 Å². The fourth-order valence-corrected chi connectivity index (χ4v) is 4.78. The molecule has 3 aromatic rings. The molecule has 31 heavy (non-hydrogen) atoms. The average Bonchev–Trinajstić information content (AvgIpc) is 3.33. The minimum atomic E-state index is -4.64. The molecule has 1 atom stereocenters. The number of aromatic nitrogens is 2. The lowest BCUT2D eigenvalue weighted by atomic mass is 9.88. The Bertz CT molecular complexity index is 1140. The predicted octanol–water partition coefficient (Wildman–Crippen LogP) is 4.36. The number of ether oxygens (including phenoxy) is 2. The van der Waals surface area contributed by atoms with E-state index in [0.29, 0.717) is 43.0 Å². The van der Waals surface area contributed by atoms with Crippen LogP contribution in [0.5, 0.6) is 0 Å². The summed E-state index contributed by atoms with van der Waals surface area (Å²) in [5.74, 6) is 0. The molecule has 162 valence electrons. The molecule has 0 amide bonds. The summed E-state index contributed by atoms with van der Waals surface area (Å²) in [5, 5.41) is 4.25. The van der Waals surface area contributed by atoms with Crippen molar-refractivity contribution in [3.05, 3.63) is 59.9 Å². The van der Waals surface area contributed by atoms with Crippen molar-refractivity contribution in [3.63, 3.8) is 0 Å². The smallest absolute Gasteiger partial charge is 0.378 e. The molecule has 0 N–H and O–H groups in total. The standard InChI is InChI=1S/C23H22F3N3O2/c1-28-14-15(13-27-28)18-11-16(29-7-9-31-10-8-29)12-20-21(18)17-5-3-4-6-19(17)22(20,30-2)23(24,25)26/h3-6,11-14H,7-10H2,1-2H3. The lowest BCUT2D eigenvalue weighted by Crippen LogP contribution is -2.44. The van der Waals surface area contributed by atoms with Crippen LogP contribution in [0.2, 0.25) is 0 Å². The number of hydrogen-bond acceptors (Lipinski definition) is 4. The average molecular weight is 429 g/mol. The maximum absolute atomic E-state index is 14.7. The molecule has 1 aliphatic heterocycles. The summed E-state index contributed by atoms with van der Waals surface area (Å²) in [7, 11) is 2.92. The van der Waals surface area contributed by atoms with Crippen molar-refractivity contribution in [1.82, 2.24) is 9.78 Å². The monoisotopic (exact) mass is 429 g/mol. The summed E-state index contributed by atoms with van der Waals surface area (Å²) in [6.45, 7) is 2.30. The van der Waals surface area contributed by atoms with Crippen LogP contribution in [-0.2, 0) is 22.1 Å². The molecule has 2 heterocycles. The number of nitrogens with zero attached hydrogens (tertiary/aromatic N) is 3. The van der Waals surface area contributed by atoms with Crippen LogP contribution in [-0.4, -0.2) is 49.4 Å². The minimum absolute atomic E-state index is 0.115. The molecule has 1 aromatic heterocycles. The normalized spacial score (nSPS) is 20.6. The Balaban J connectivity index is 1.86. The topological polar surface area (TPSA) is 39.5 Å². The largest absolute Gasteiger partial charge is 0.426 e. The number of benzene rings is 2. The number of rotatable bonds is 3. The quantitative estimate of drug-likeness (QED) is 0.621.